The van der Waals surface area contributed by atoms with Gasteiger partial charge in [-0.1, -0.05) is 31.4 Å². The lowest BCUT2D eigenvalue weighted by molar-refractivity contribution is -0.116. The highest BCUT2D eigenvalue weighted by Crippen LogP contribution is 2.19. The van der Waals surface area contributed by atoms with Crippen LogP contribution in [0.4, 0.5) is 10.1 Å². The molecule has 0 spiro atoms. The number of carbonyl (C=O) groups excluding carboxylic acids is 1. The first-order valence-corrected chi connectivity index (χ1v) is 5.76. The zero-order chi connectivity index (χ0) is 12.0. The fourth-order valence-electron chi connectivity index (χ4n) is 1.34. The van der Waals surface area contributed by atoms with E-state index in [9.17, 15) is 9.18 Å². The molecule has 88 valence electrons. The first-order valence-electron chi connectivity index (χ1n) is 5.38. The molecule has 0 aliphatic carbocycles. The molecule has 0 radical (unpaired) electrons. The number of hydrogen-bond acceptors (Lipinski definition) is 1. The first kappa shape index (κ1) is 13.0. The third-order valence-electron chi connectivity index (χ3n) is 2.21. The van der Waals surface area contributed by atoms with Crippen molar-refractivity contribution in [1.29, 1.82) is 0 Å². The number of benzene rings is 1. The second kappa shape index (κ2) is 6.48. The minimum atomic E-state index is -0.465. The van der Waals surface area contributed by atoms with E-state index in [1.165, 1.54) is 18.2 Å². The molecular weight excluding hydrogens is 229 g/mol. The van der Waals surface area contributed by atoms with E-state index in [4.69, 9.17) is 11.6 Å². The van der Waals surface area contributed by atoms with Crippen LogP contribution in [0.5, 0.6) is 0 Å². The van der Waals surface area contributed by atoms with Gasteiger partial charge in [0.1, 0.15) is 5.82 Å². The summed E-state index contributed by atoms with van der Waals surface area (Å²) in [6.07, 6.45) is 3.30. The van der Waals surface area contributed by atoms with E-state index < -0.39 is 5.82 Å². The average Bonchev–Trinajstić information content (AvgIpc) is 2.24. The molecule has 1 aromatic rings. The van der Waals surface area contributed by atoms with E-state index in [0.717, 1.165) is 19.3 Å². The van der Waals surface area contributed by atoms with Crippen LogP contribution in [0.2, 0.25) is 5.02 Å². The Morgan fingerprint density at radius 2 is 2.19 bits per heavy atom. The van der Waals surface area contributed by atoms with E-state index in [-0.39, 0.29) is 11.6 Å². The molecule has 2 nitrogen and oxygen atoms in total. The Morgan fingerprint density at radius 3 is 2.88 bits per heavy atom. The molecule has 0 unspecified atom stereocenters. The van der Waals surface area contributed by atoms with Gasteiger partial charge in [0, 0.05) is 11.4 Å². The van der Waals surface area contributed by atoms with E-state index in [2.05, 4.69) is 12.2 Å². The molecule has 0 saturated carbocycles. The first-order chi connectivity index (χ1) is 7.63. The van der Waals surface area contributed by atoms with Crippen LogP contribution in [-0.4, -0.2) is 5.91 Å². The van der Waals surface area contributed by atoms with Crippen molar-refractivity contribution in [2.24, 2.45) is 0 Å². The van der Waals surface area contributed by atoms with Crippen molar-refractivity contribution < 1.29 is 9.18 Å². The van der Waals surface area contributed by atoms with Crippen LogP contribution < -0.4 is 5.32 Å². The van der Waals surface area contributed by atoms with Crippen LogP contribution in [0, 0.1) is 5.82 Å². The number of halogens is 2. The summed E-state index contributed by atoms with van der Waals surface area (Å²) in [5, 5.41) is 2.92. The molecule has 4 heteroatoms. The van der Waals surface area contributed by atoms with Gasteiger partial charge in [0.15, 0.2) is 0 Å². The fourth-order valence-corrected chi connectivity index (χ4v) is 1.51. The van der Waals surface area contributed by atoms with E-state index in [1.807, 2.05) is 0 Å². The standard InChI is InChI=1S/C12H15ClFNO/c1-2-3-4-5-12(16)15-11-8-9(13)6-7-10(11)14/h6-8H,2-5H2,1H3,(H,15,16). The van der Waals surface area contributed by atoms with E-state index >= 15 is 0 Å². The number of nitrogens with one attached hydrogen (secondary N) is 1. The lowest BCUT2D eigenvalue weighted by Crippen LogP contribution is -2.12. The van der Waals surface area contributed by atoms with Crippen LogP contribution in [-0.2, 0) is 4.79 Å². The number of unbranched alkanes of at least 4 members (excludes halogenated alkanes) is 2. The lowest BCUT2D eigenvalue weighted by atomic mass is 10.2. The van der Waals surface area contributed by atoms with Gasteiger partial charge in [0.2, 0.25) is 5.91 Å². The minimum absolute atomic E-state index is 0.147. The van der Waals surface area contributed by atoms with Crippen molar-refractivity contribution in [3.8, 4) is 0 Å². The molecule has 1 N–H and O–H groups in total. The lowest BCUT2D eigenvalue weighted by Gasteiger charge is -2.06. The summed E-state index contributed by atoms with van der Waals surface area (Å²) >= 11 is 5.71. The molecule has 0 atom stereocenters. The molecule has 16 heavy (non-hydrogen) atoms. The van der Waals surface area contributed by atoms with Crippen molar-refractivity contribution in [1.82, 2.24) is 0 Å². The largest absolute Gasteiger partial charge is 0.324 e. The Kier molecular flexibility index (Phi) is 5.26. The van der Waals surface area contributed by atoms with E-state index in [1.54, 1.807) is 0 Å². The number of carbonyl (C=O) groups is 1. The smallest absolute Gasteiger partial charge is 0.224 e. The van der Waals surface area contributed by atoms with Gasteiger partial charge in [-0.3, -0.25) is 4.79 Å². The summed E-state index contributed by atoms with van der Waals surface area (Å²) in [7, 11) is 0. The monoisotopic (exact) mass is 243 g/mol. The van der Waals surface area contributed by atoms with Gasteiger partial charge in [0.05, 0.1) is 5.69 Å². The van der Waals surface area contributed by atoms with E-state index in [0.29, 0.717) is 11.4 Å². The number of hydrogen-bond donors (Lipinski definition) is 1. The molecule has 0 aromatic heterocycles. The molecule has 1 rings (SSSR count). The van der Waals surface area contributed by atoms with Gasteiger partial charge in [-0.05, 0) is 24.6 Å². The van der Waals surface area contributed by atoms with Crippen molar-refractivity contribution in [2.75, 3.05) is 5.32 Å². The third kappa shape index (κ3) is 4.19. The van der Waals surface area contributed by atoms with Crippen molar-refractivity contribution in [3.63, 3.8) is 0 Å². The Morgan fingerprint density at radius 1 is 1.44 bits per heavy atom. The number of anilines is 1. The second-order valence-corrected chi connectivity index (χ2v) is 4.07. The Balaban J connectivity index is 2.52. The average molecular weight is 244 g/mol. The summed E-state index contributed by atoms with van der Waals surface area (Å²) in [4.78, 5) is 11.4. The Bertz CT molecular complexity index is 368. The predicted octanol–water partition coefficient (Wildman–Crippen LogP) is 4.00. The van der Waals surface area contributed by atoms with Gasteiger partial charge in [-0.2, -0.15) is 0 Å². The topological polar surface area (TPSA) is 29.1 Å². The molecular formula is C12H15ClFNO. The fraction of sp³-hybridized carbons (Fsp3) is 0.417. The van der Waals surface area contributed by atoms with Gasteiger partial charge >= 0.3 is 0 Å². The van der Waals surface area contributed by atoms with Crippen LogP contribution in [0.15, 0.2) is 18.2 Å². The molecule has 0 saturated heterocycles. The second-order valence-electron chi connectivity index (χ2n) is 3.63. The summed E-state index contributed by atoms with van der Waals surface area (Å²) in [5.41, 5.74) is 0.147. The third-order valence-corrected chi connectivity index (χ3v) is 2.44. The molecule has 1 aromatic carbocycles. The molecule has 0 fully saturated rings. The molecule has 0 heterocycles. The Labute approximate surface area is 99.8 Å². The summed E-state index contributed by atoms with van der Waals surface area (Å²) < 4.78 is 13.2. The van der Waals surface area contributed by atoms with Crippen molar-refractivity contribution >= 4 is 23.2 Å². The maximum absolute atomic E-state index is 13.2. The molecule has 0 aliphatic heterocycles. The van der Waals surface area contributed by atoms with Crippen molar-refractivity contribution in [3.05, 3.63) is 29.0 Å². The van der Waals surface area contributed by atoms with Crippen LogP contribution in [0.25, 0.3) is 0 Å². The summed E-state index contributed by atoms with van der Waals surface area (Å²) in [6.45, 7) is 2.06. The summed E-state index contributed by atoms with van der Waals surface area (Å²) in [5.74, 6) is -0.636. The van der Waals surface area contributed by atoms with Gasteiger partial charge < -0.3 is 5.32 Å². The number of amides is 1. The predicted molar refractivity (Wildman–Crippen MR) is 64.2 cm³/mol. The quantitative estimate of drug-likeness (QED) is 0.779. The minimum Gasteiger partial charge on any atom is -0.324 e. The normalized spacial score (nSPS) is 10.2. The van der Waals surface area contributed by atoms with Crippen molar-refractivity contribution in [2.45, 2.75) is 32.6 Å². The highest BCUT2D eigenvalue weighted by Gasteiger charge is 2.07. The molecule has 0 bridgehead atoms. The SMILES string of the molecule is CCCCCC(=O)Nc1cc(Cl)ccc1F. The van der Waals surface area contributed by atoms with Crippen LogP contribution >= 0.6 is 11.6 Å². The summed E-state index contributed by atoms with van der Waals surface area (Å²) in [6, 6.07) is 4.10. The highest BCUT2D eigenvalue weighted by molar-refractivity contribution is 6.30. The number of rotatable bonds is 5. The van der Waals surface area contributed by atoms with Gasteiger partial charge in [-0.25, -0.2) is 4.39 Å². The zero-order valence-electron chi connectivity index (χ0n) is 9.22. The Hall–Kier alpha value is -1.09. The highest BCUT2D eigenvalue weighted by atomic mass is 35.5. The zero-order valence-corrected chi connectivity index (χ0v) is 9.98. The van der Waals surface area contributed by atoms with Crippen LogP contribution in [0.1, 0.15) is 32.6 Å². The molecule has 1 amide bonds. The van der Waals surface area contributed by atoms with Gasteiger partial charge in [0.25, 0.3) is 0 Å². The molecule has 0 aliphatic rings. The van der Waals surface area contributed by atoms with Crippen LogP contribution in [0.3, 0.4) is 0 Å². The van der Waals surface area contributed by atoms with Gasteiger partial charge in [-0.15, -0.1) is 0 Å². The maximum atomic E-state index is 13.2. The maximum Gasteiger partial charge on any atom is 0.224 e.